The number of halogens is 1. The van der Waals surface area contributed by atoms with Gasteiger partial charge in [0.15, 0.2) is 6.29 Å². The molecule has 0 amide bonds. The predicted molar refractivity (Wildman–Crippen MR) is 48.8 cm³/mol. The second kappa shape index (κ2) is 5.62. The van der Waals surface area contributed by atoms with Crippen LogP contribution in [0.1, 0.15) is 24.2 Å². The molecule has 1 rings (SSSR count). The normalized spacial score (nSPS) is 7.90. The highest BCUT2D eigenvalue weighted by Gasteiger charge is 1.95. The number of thiophene rings is 1. The molecule has 1 nitrogen and oxygen atoms in total. The molecule has 0 fully saturated rings. The summed E-state index contributed by atoms with van der Waals surface area (Å²) in [6.07, 6.45) is 0.834. The summed E-state index contributed by atoms with van der Waals surface area (Å²) < 4.78 is 0.910. The van der Waals surface area contributed by atoms with Gasteiger partial charge in [-0.15, -0.1) is 11.3 Å². The second-order valence-electron chi connectivity index (χ2n) is 1.27. The monoisotopic (exact) mass is 220 g/mol. The topological polar surface area (TPSA) is 17.1 Å². The van der Waals surface area contributed by atoms with Crippen molar-refractivity contribution in [3.05, 3.63) is 20.8 Å². The van der Waals surface area contributed by atoms with Crippen molar-refractivity contribution in [3.63, 3.8) is 0 Å². The van der Waals surface area contributed by atoms with Crippen LogP contribution in [0.25, 0.3) is 0 Å². The fourth-order valence-electron chi connectivity index (χ4n) is 0.386. The van der Waals surface area contributed by atoms with E-state index >= 15 is 0 Å². The van der Waals surface area contributed by atoms with Gasteiger partial charge in [-0.1, -0.05) is 13.8 Å². The van der Waals surface area contributed by atoms with Gasteiger partial charge in [-0.3, -0.25) is 4.79 Å². The van der Waals surface area contributed by atoms with Crippen LogP contribution in [0.2, 0.25) is 0 Å². The van der Waals surface area contributed by atoms with E-state index in [1.165, 1.54) is 11.3 Å². The number of hydrogen-bond donors (Lipinski definition) is 0. The molecule has 0 aromatic carbocycles. The summed E-state index contributed by atoms with van der Waals surface area (Å²) in [6.45, 7) is 4.00. The summed E-state index contributed by atoms with van der Waals surface area (Å²) in [5, 5.41) is 1.87. The summed E-state index contributed by atoms with van der Waals surface area (Å²) in [5.74, 6) is 0. The molecule has 10 heavy (non-hydrogen) atoms. The number of rotatable bonds is 1. The van der Waals surface area contributed by atoms with Gasteiger partial charge in [0.1, 0.15) is 0 Å². The van der Waals surface area contributed by atoms with E-state index in [2.05, 4.69) is 15.9 Å². The van der Waals surface area contributed by atoms with Crippen LogP contribution in [-0.4, -0.2) is 6.29 Å². The molecule has 0 spiro atoms. The molecule has 0 aliphatic heterocycles. The molecule has 0 saturated carbocycles. The third kappa shape index (κ3) is 2.62. The zero-order valence-electron chi connectivity index (χ0n) is 5.93. The minimum atomic E-state index is 0.731. The molecule has 56 valence electrons. The third-order valence-electron chi connectivity index (χ3n) is 0.773. The minimum Gasteiger partial charge on any atom is -0.298 e. The Morgan fingerprint density at radius 3 is 2.40 bits per heavy atom. The van der Waals surface area contributed by atoms with Crippen molar-refractivity contribution >= 4 is 33.6 Å². The van der Waals surface area contributed by atoms with Crippen LogP contribution >= 0.6 is 27.3 Å². The van der Waals surface area contributed by atoms with Crippen molar-refractivity contribution in [1.82, 2.24) is 0 Å². The van der Waals surface area contributed by atoms with Gasteiger partial charge in [0, 0.05) is 5.56 Å². The van der Waals surface area contributed by atoms with Gasteiger partial charge >= 0.3 is 0 Å². The van der Waals surface area contributed by atoms with Crippen molar-refractivity contribution in [2.24, 2.45) is 0 Å². The van der Waals surface area contributed by atoms with E-state index in [9.17, 15) is 4.79 Å². The van der Waals surface area contributed by atoms with Crippen LogP contribution in [0.5, 0.6) is 0 Å². The Morgan fingerprint density at radius 2 is 2.20 bits per heavy atom. The standard InChI is InChI=1S/C5H3BrOS.C2H6/c6-5-4(3-7)1-2-8-5;1-2/h1-3H;1-2H3. The lowest BCUT2D eigenvalue weighted by Crippen LogP contribution is -1.69. The number of aldehydes is 1. The number of hydrogen-bond acceptors (Lipinski definition) is 2. The van der Waals surface area contributed by atoms with Crippen LogP contribution in [0.3, 0.4) is 0 Å². The zero-order valence-corrected chi connectivity index (χ0v) is 8.33. The molecular weight excluding hydrogens is 212 g/mol. The molecule has 0 aliphatic carbocycles. The third-order valence-corrected chi connectivity index (χ3v) is 2.51. The molecule has 0 unspecified atom stereocenters. The molecule has 0 aliphatic rings. The van der Waals surface area contributed by atoms with E-state index in [0.29, 0.717) is 0 Å². The van der Waals surface area contributed by atoms with E-state index in [1.807, 2.05) is 19.2 Å². The first-order chi connectivity index (χ1) is 4.84. The lowest BCUT2D eigenvalue weighted by molar-refractivity contribution is 0.112. The van der Waals surface area contributed by atoms with Gasteiger partial charge in [-0.2, -0.15) is 0 Å². The fraction of sp³-hybridized carbons (Fsp3) is 0.286. The van der Waals surface area contributed by atoms with E-state index in [-0.39, 0.29) is 0 Å². The average Bonchev–Trinajstić information content (AvgIpc) is 2.39. The van der Waals surface area contributed by atoms with E-state index in [0.717, 1.165) is 15.6 Å². The van der Waals surface area contributed by atoms with Crippen molar-refractivity contribution in [2.75, 3.05) is 0 Å². The molecule has 0 atom stereocenters. The average molecular weight is 221 g/mol. The first kappa shape index (κ1) is 9.85. The van der Waals surface area contributed by atoms with Crippen molar-refractivity contribution in [3.8, 4) is 0 Å². The fourth-order valence-corrected chi connectivity index (χ4v) is 1.52. The molecule has 0 radical (unpaired) electrons. The minimum absolute atomic E-state index is 0.731. The van der Waals surface area contributed by atoms with Gasteiger partial charge in [0.2, 0.25) is 0 Å². The smallest absolute Gasteiger partial charge is 0.152 e. The molecule has 0 bridgehead atoms. The highest BCUT2D eigenvalue weighted by Crippen LogP contribution is 2.20. The molecule has 1 aromatic rings. The maximum absolute atomic E-state index is 10.1. The van der Waals surface area contributed by atoms with Crippen molar-refractivity contribution in [2.45, 2.75) is 13.8 Å². The Bertz CT molecular complexity index is 195. The van der Waals surface area contributed by atoms with Crippen LogP contribution in [0.15, 0.2) is 15.2 Å². The largest absolute Gasteiger partial charge is 0.298 e. The van der Waals surface area contributed by atoms with Gasteiger partial charge < -0.3 is 0 Å². The van der Waals surface area contributed by atoms with Crippen molar-refractivity contribution in [1.29, 1.82) is 0 Å². The van der Waals surface area contributed by atoms with Crippen LogP contribution in [0.4, 0.5) is 0 Å². The number of carbonyl (C=O) groups is 1. The van der Waals surface area contributed by atoms with Crippen molar-refractivity contribution < 1.29 is 4.79 Å². The molecule has 1 heterocycles. The van der Waals surface area contributed by atoms with Crippen LogP contribution in [0, 0.1) is 0 Å². The summed E-state index contributed by atoms with van der Waals surface area (Å²) in [7, 11) is 0. The summed E-state index contributed by atoms with van der Waals surface area (Å²) in [4.78, 5) is 10.1. The molecule has 0 saturated heterocycles. The maximum Gasteiger partial charge on any atom is 0.152 e. The van der Waals surface area contributed by atoms with Crippen LogP contribution < -0.4 is 0 Å². The van der Waals surface area contributed by atoms with Gasteiger partial charge in [-0.05, 0) is 27.4 Å². The SMILES string of the molecule is CC.O=Cc1ccsc1Br. The molecule has 0 N–H and O–H groups in total. The Kier molecular flexibility index (Phi) is 5.54. The molecule has 3 heteroatoms. The Balaban J connectivity index is 0.000000371. The first-order valence-corrected chi connectivity index (χ1v) is 4.70. The number of carbonyl (C=O) groups excluding carboxylic acids is 1. The maximum atomic E-state index is 10.1. The Hall–Kier alpha value is -0.150. The van der Waals surface area contributed by atoms with E-state index in [1.54, 1.807) is 6.07 Å². The van der Waals surface area contributed by atoms with E-state index in [4.69, 9.17) is 0 Å². The molecule has 1 aromatic heterocycles. The quantitative estimate of drug-likeness (QED) is 0.664. The Morgan fingerprint density at radius 1 is 1.60 bits per heavy atom. The van der Waals surface area contributed by atoms with Crippen LogP contribution in [-0.2, 0) is 0 Å². The highest BCUT2D eigenvalue weighted by molar-refractivity contribution is 9.11. The Labute approximate surface area is 73.2 Å². The second-order valence-corrected chi connectivity index (χ2v) is 3.50. The predicted octanol–water partition coefficient (Wildman–Crippen LogP) is 3.35. The lowest BCUT2D eigenvalue weighted by Gasteiger charge is -1.76. The van der Waals surface area contributed by atoms with Gasteiger partial charge in [-0.25, -0.2) is 0 Å². The summed E-state index contributed by atoms with van der Waals surface area (Å²) in [5.41, 5.74) is 0.731. The van der Waals surface area contributed by atoms with Gasteiger partial charge in [0.05, 0.1) is 3.79 Å². The summed E-state index contributed by atoms with van der Waals surface area (Å²) in [6, 6.07) is 1.78. The highest BCUT2D eigenvalue weighted by atomic mass is 79.9. The van der Waals surface area contributed by atoms with Gasteiger partial charge in [0.25, 0.3) is 0 Å². The molecular formula is C7H9BrOS. The summed E-state index contributed by atoms with van der Waals surface area (Å²) >= 11 is 4.73. The zero-order chi connectivity index (χ0) is 7.98. The van der Waals surface area contributed by atoms with E-state index < -0.39 is 0 Å². The first-order valence-electron chi connectivity index (χ1n) is 3.03. The lowest BCUT2D eigenvalue weighted by atomic mass is 10.4.